The van der Waals surface area contributed by atoms with Crippen LogP contribution in [0.4, 0.5) is 4.79 Å². The smallest absolute Gasteiger partial charge is 0.410 e. The number of benzene rings is 2. The first-order valence-corrected chi connectivity index (χ1v) is 7.95. The summed E-state index contributed by atoms with van der Waals surface area (Å²) in [5, 5.41) is 0. The maximum Gasteiger partial charge on any atom is 0.410 e. The maximum atomic E-state index is 12.5. The minimum atomic E-state index is -0.254. The van der Waals surface area contributed by atoms with Gasteiger partial charge in [-0.3, -0.25) is 0 Å². The zero-order valence-electron chi connectivity index (χ0n) is 13.2. The minimum absolute atomic E-state index is 0.0146. The zero-order valence-corrected chi connectivity index (χ0v) is 13.2. The van der Waals surface area contributed by atoms with Gasteiger partial charge < -0.3 is 9.64 Å². The van der Waals surface area contributed by atoms with Gasteiger partial charge in [0.15, 0.2) is 0 Å². The van der Waals surface area contributed by atoms with Crippen LogP contribution in [0.5, 0.6) is 0 Å². The van der Waals surface area contributed by atoms with Crippen LogP contribution in [0.3, 0.4) is 0 Å². The van der Waals surface area contributed by atoms with Gasteiger partial charge >= 0.3 is 6.09 Å². The van der Waals surface area contributed by atoms with Crippen LogP contribution in [0.1, 0.15) is 29.2 Å². The molecule has 1 heterocycles. The van der Waals surface area contributed by atoms with Crippen LogP contribution in [-0.2, 0) is 17.8 Å². The molecule has 0 radical (unpaired) electrons. The molecular weight excluding hydrogens is 286 g/mol. The zero-order chi connectivity index (χ0) is 16.1. The molecule has 0 spiro atoms. The van der Waals surface area contributed by atoms with E-state index in [2.05, 4.69) is 18.7 Å². The molecule has 0 fully saturated rings. The fourth-order valence-corrected chi connectivity index (χ4v) is 3.08. The van der Waals surface area contributed by atoms with Crippen LogP contribution in [-0.4, -0.2) is 17.5 Å². The molecule has 1 amide bonds. The summed E-state index contributed by atoms with van der Waals surface area (Å²) in [6, 6.07) is 18.1. The molecule has 3 rings (SSSR count). The number of fused-ring (bicyclic) bond motifs is 1. The second-order valence-electron chi connectivity index (χ2n) is 5.72. The maximum absolute atomic E-state index is 12.5. The second kappa shape index (κ2) is 7.14. The molecule has 2 aromatic rings. The lowest BCUT2D eigenvalue weighted by Gasteiger charge is -2.36. The first kappa shape index (κ1) is 15.3. The van der Waals surface area contributed by atoms with Gasteiger partial charge in [-0.15, -0.1) is 6.58 Å². The fourth-order valence-electron chi connectivity index (χ4n) is 3.08. The Morgan fingerprint density at radius 1 is 1.17 bits per heavy atom. The van der Waals surface area contributed by atoms with Gasteiger partial charge in [0.2, 0.25) is 0 Å². The average molecular weight is 307 g/mol. The van der Waals surface area contributed by atoms with Gasteiger partial charge in [-0.1, -0.05) is 60.7 Å². The van der Waals surface area contributed by atoms with E-state index in [9.17, 15) is 4.79 Å². The Morgan fingerprint density at radius 2 is 1.91 bits per heavy atom. The SMILES string of the molecule is C=CCC1c2ccccc2CCN1C(=O)OCc1ccccc1. The van der Waals surface area contributed by atoms with E-state index in [1.165, 1.54) is 11.1 Å². The van der Waals surface area contributed by atoms with Gasteiger partial charge in [0.1, 0.15) is 6.61 Å². The predicted octanol–water partition coefficient (Wildman–Crippen LogP) is 4.50. The number of hydrogen-bond acceptors (Lipinski definition) is 2. The van der Waals surface area contributed by atoms with E-state index in [-0.39, 0.29) is 12.1 Å². The van der Waals surface area contributed by atoms with Crippen LogP contribution in [0.2, 0.25) is 0 Å². The highest BCUT2D eigenvalue weighted by atomic mass is 16.6. The Bertz CT molecular complexity index is 681. The first-order valence-electron chi connectivity index (χ1n) is 7.95. The Morgan fingerprint density at radius 3 is 2.70 bits per heavy atom. The van der Waals surface area contributed by atoms with Gasteiger partial charge in [0, 0.05) is 6.54 Å². The van der Waals surface area contributed by atoms with Gasteiger partial charge in [-0.2, -0.15) is 0 Å². The number of rotatable bonds is 4. The number of hydrogen-bond donors (Lipinski definition) is 0. The molecule has 3 heteroatoms. The molecule has 1 aliphatic heterocycles. The lowest BCUT2D eigenvalue weighted by atomic mass is 9.91. The third-order valence-electron chi connectivity index (χ3n) is 4.24. The number of amides is 1. The van der Waals surface area contributed by atoms with E-state index >= 15 is 0 Å². The highest BCUT2D eigenvalue weighted by Gasteiger charge is 2.30. The Hall–Kier alpha value is -2.55. The monoisotopic (exact) mass is 307 g/mol. The molecule has 1 unspecified atom stereocenters. The molecule has 0 saturated carbocycles. The molecule has 1 atom stereocenters. The lowest BCUT2D eigenvalue weighted by molar-refractivity contribution is 0.0774. The largest absolute Gasteiger partial charge is 0.445 e. The summed E-state index contributed by atoms with van der Waals surface area (Å²) in [5.41, 5.74) is 3.51. The van der Waals surface area contributed by atoms with E-state index in [4.69, 9.17) is 4.74 Å². The normalized spacial score (nSPS) is 16.5. The molecule has 3 nitrogen and oxygen atoms in total. The molecule has 0 aliphatic carbocycles. The molecule has 2 aromatic carbocycles. The van der Waals surface area contributed by atoms with E-state index in [0.717, 1.165) is 18.4 Å². The topological polar surface area (TPSA) is 29.5 Å². The van der Waals surface area contributed by atoms with Crippen molar-refractivity contribution in [3.63, 3.8) is 0 Å². The number of carbonyl (C=O) groups excluding carboxylic acids is 1. The van der Waals surface area contributed by atoms with Crippen molar-refractivity contribution in [2.45, 2.75) is 25.5 Å². The van der Waals surface area contributed by atoms with Crippen molar-refractivity contribution in [2.24, 2.45) is 0 Å². The number of ether oxygens (including phenoxy) is 1. The minimum Gasteiger partial charge on any atom is -0.445 e. The van der Waals surface area contributed by atoms with Crippen molar-refractivity contribution >= 4 is 6.09 Å². The van der Waals surface area contributed by atoms with Crippen molar-refractivity contribution in [1.82, 2.24) is 4.90 Å². The van der Waals surface area contributed by atoms with Crippen LogP contribution >= 0.6 is 0 Å². The van der Waals surface area contributed by atoms with Crippen molar-refractivity contribution in [3.05, 3.63) is 83.9 Å². The van der Waals surface area contributed by atoms with E-state index in [1.807, 2.05) is 53.4 Å². The standard InChI is InChI=1S/C20H21NO2/c1-2-8-19-18-12-7-6-11-17(18)13-14-21(19)20(22)23-15-16-9-4-3-5-10-16/h2-7,9-12,19H,1,8,13-15H2. The lowest BCUT2D eigenvalue weighted by Crippen LogP contribution is -2.40. The van der Waals surface area contributed by atoms with Gasteiger partial charge in [-0.05, 0) is 29.5 Å². The summed E-state index contributed by atoms with van der Waals surface area (Å²) >= 11 is 0. The van der Waals surface area contributed by atoms with E-state index < -0.39 is 0 Å². The molecule has 0 bridgehead atoms. The van der Waals surface area contributed by atoms with Crippen LogP contribution < -0.4 is 0 Å². The molecule has 0 N–H and O–H groups in total. The average Bonchev–Trinajstić information content (AvgIpc) is 2.61. The summed E-state index contributed by atoms with van der Waals surface area (Å²) in [6.07, 6.45) is 3.21. The van der Waals surface area contributed by atoms with Crippen molar-refractivity contribution in [2.75, 3.05) is 6.54 Å². The first-order chi connectivity index (χ1) is 11.3. The van der Waals surface area contributed by atoms with Crippen LogP contribution in [0.25, 0.3) is 0 Å². The quantitative estimate of drug-likeness (QED) is 0.778. The molecule has 118 valence electrons. The van der Waals surface area contributed by atoms with Gasteiger partial charge in [0.25, 0.3) is 0 Å². The second-order valence-corrected chi connectivity index (χ2v) is 5.72. The van der Waals surface area contributed by atoms with Crippen molar-refractivity contribution in [1.29, 1.82) is 0 Å². The number of carbonyl (C=O) groups is 1. The molecule has 0 aromatic heterocycles. The van der Waals surface area contributed by atoms with Gasteiger partial charge in [0.05, 0.1) is 6.04 Å². The Balaban J connectivity index is 1.73. The highest BCUT2D eigenvalue weighted by Crippen LogP contribution is 2.32. The predicted molar refractivity (Wildman–Crippen MR) is 91.0 cm³/mol. The third-order valence-corrected chi connectivity index (χ3v) is 4.24. The van der Waals surface area contributed by atoms with Crippen molar-refractivity contribution < 1.29 is 9.53 Å². The Kier molecular flexibility index (Phi) is 4.77. The highest BCUT2D eigenvalue weighted by molar-refractivity contribution is 5.69. The summed E-state index contributed by atoms with van der Waals surface area (Å²) in [6.45, 7) is 4.82. The summed E-state index contributed by atoms with van der Waals surface area (Å²) < 4.78 is 5.51. The van der Waals surface area contributed by atoms with E-state index in [1.54, 1.807) is 0 Å². The van der Waals surface area contributed by atoms with E-state index in [0.29, 0.717) is 13.2 Å². The number of nitrogens with zero attached hydrogens (tertiary/aromatic N) is 1. The van der Waals surface area contributed by atoms with Gasteiger partial charge in [-0.25, -0.2) is 4.79 Å². The summed E-state index contributed by atoms with van der Waals surface area (Å²) in [5.74, 6) is 0. The third kappa shape index (κ3) is 3.45. The fraction of sp³-hybridized carbons (Fsp3) is 0.250. The molecule has 23 heavy (non-hydrogen) atoms. The molecular formula is C20H21NO2. The van der Waals surface area contributed by atoms with Crippen LogP contribution in [0.15, 0.2) is 67.3 Å². The van der Waals surface area contributed by atoms with Crippen molar-refractivity contribution in [3.8, 4) is 0 Å². The Labute approximate surface area is 137 Å². The summed E-state index contributed by atoms with van der Waals surface area (Å²) in [4.78, 5) is 14.4. The molecule has 1 aliphatic rings. The van der Waals surface area contributed by atoms with Crippen LogP contribution in [0, 0.1) is 0 Å². The molecule has 0 saturated heterocycles. The summed E-state index contributed by atoms with van der Waals surface area (Å²) in [7, 11) is 0.